The number of hydrogen-bond donors (Lipinski definition) is 1. The minimum absolute atomic E-state index is 0.112. The predicted molar refractivity (Wildman–Crippen MR) is 111 cm³/mol. The van der Waals surface area contributed by atoms with Crippen LogP contribution in [0.2, 0.25) is 0 Å². The molecule has 0 saturated carbocycles. The van der Waals surface area contributed by atoms with Crippen LogP contribution < -0.4 is 9.64 Å². The number of aromatic nitrogens is 1. The van der Waals surface area contributed by atoms with E-state index in [1.807, 2.05) is 53.4 Å². The number of methoxy groups -OCH3 is 1. The van der Waals surface area contributed by atoms with Crippen molar-refractivity contribution in [3.8, 4) is 5.75 Å². The van der Waals surface area contributed by atoms with Gasteiger partial charge in [-0.25, -0.2) is 4.98 Å². The van der Waals surface area contributed by atoms with E-state index >= 15 is 0 Å². The van der Waals surface area contributed by atoms with Crippen molar-refractivity contribution in [3.63, 3.8) is 0 Å². The number of hydrogen-bond acceptors (Lipinski definition) is 4. The quantitative estimate of drug-likeness (QED) is 0.407. The fourth-order valence-electron chi connectivity index (χ4n) is 3.54. The highest BCUT2D eigenvalue weighted by Crippen LogP contribution is 2.38. The van der Waals surface area contributed by atoms with Crippen LogP contribution in [0.5, 0.6) is 5.75 Å². The van der Waals surface area contributed by atoms with Crippen LogP contribution in [0.25, 0.3) is 21.8 Å². The number of nitrogens with zero attached hydrogens (tertiary/aromatic N) is 2. The molecule has 136 valence electrons. The van der Waals surface area contributed by atoms with Gasteiger partial charge in [-0.15, -0.1) is 0 Å². The zero-order valence-corrected chi connectivity index (χ0v) is 15.7. The number of aliphatic hydroxyl groups excluding tert-OH is 1. The molecule has 0 aliphatic heterocycles. The number of aliphatic hydroxyl groups is 1. The van der Waals surface area contributed by atoms with Gasteiger partial charge in [-0.3, -0.25) is 0 Å². The van der Waals surface area contributed by atoms with Crippen LogP contribution in [0.1, 0.15) is 11.1 Å². The smallest absolute Gasteiger partial charge is 0.120 e. The number of rotatable bonds is 4. The van der Waals surface area contributed by atoms with Crippen molar-refractivity contribution in [1.29, 1.82) is 0 Å². The van der Waals surface area contributed by atoms with Crippen molar-refractivity contribution in [3.05, 3.63) is 71.8 Å². The molecule has 4 aromatic rings. The van der Waals surface area contributed by atoms with Crippen LogP contribution in [0.15, 0.2) is 60.7 Å². The van der Waals surface area contributed by atoms with Crippen molar-refractivity contribution in [2.24, 2.45) is 0 Å². The molecule has 0 amide bonds. The Labute approximate surface area is 158 Å². The Balaban J connectivity index is 2.05. The molecule has 0 aliphatic carbocycles. The second-order valence-electron chi connectivity index (χ2n) is 6.69. The molecule has 1 heterocycles. The highest BCUT2D eigenvalue weighted by Gasteiger charge is 2.17. The highest BCUT2D eigenvalue weighted by molar-refractivity contribution is 6.02. The van der Waals surface area contributed by atoms with Crippen LogP contribution >= 0.6 is 0 Å². The summed E-state index contributed by atoms with van der Waals surface area (Å²) in [5.74, 6) is 0.802. The van der Waals surface area contributed by atoms with E-state index in [-0.39, 0.29) is 6.73 Å². The Kier molecular flexibility index (Phi) is 4.42. The largest absolute Gasteiger partial charge is 0.497 e. The van der Waals surface area contributed by atoms with E-state index in [0.29, 0.717) is 0 Å². The maximum absolute atomic E-state index is 10.2. The molecule has 0 spiro atoms. The molecule has 3 aromatic carbocycles. The molecular weight excluding hydrogens is 336 g/mol. The van der Waals surface area contributed by atoms with Crippen molar-refractivity contribution < 1.29 is 9.84 Å². The van der Waals surface area contributed by atoms with E-state index in [1.54, 1.807) is 7.11 Å². The first-order valence-electron chi connectivity index (χ1n) is 8.94. The van der Waals surface area contributed by atoms with Crippen molar-refractivity contribution in [2.45, 2.75) is 13.8 Å². The lowest BCUT2D eigenvalue weighted by Crippen LogP contribution is -2.19. The zero-order chi connectivity index (χ0) is 19.0. The number of aryl methyl sites for hydroxylation is 1. The first-order chi connectivity index (χ1) is 13.1. The molecule has 0 unspecified atom stereocenters. The van der Waals surface area contributed by atoms with E-state index in [4.69, 9.17) is 9.72 Å². The molecule has 0 saturated heterocycles. The average molecular weight is 358 g/mol. The lowest BCUT2D eigenvalue weighted by atomic mass is 10.00. The third kappa shape index (κ3) is 2.98. The standard InChI is InChI=1S/C23H22N2O2/c1-15-11-22-20(13-17-12-19(27-3)9-10-21(17)24-22)23(16(15)2)25(14-26)18-7-5-4-6-8-18/h4-13,26H,14H2,1-3H3. The van der Waals surface area contributed by atoms with Gasteiger partial charge in [-0.1, -0.05) is 18.2 Å². The van der Waals surface area contributed by atoms with Crippen LogP contribution in [-0.4, -0.2) is 23.9 Å². The second kappa shape index (κ2) is 6.89. The first kappa shape index (κ1) is 17.3. The van der Waals surface area contributed by atoms with Gasteiger partial charge in [-0.2, -0.15) is 0 Å². The molecule has 0 aliphatic rings. The van der Waals surface area contributed by atoms with Gasteiger partial charge in [0, 0.05) is 16.5 Å². The molecule has 0 radical (unpaired) electrons. The number of benzene rings is 3. The van der Waals surface area contributed by atoms with Crippen LogP contribution in [0.4, 0.5) is 11.4 Å². The van der Waals surface area contributed by atoms with Gasteiger partial charge >= 0.3 is 0 Å². The summed E-state index contributed by atoms with van der Waals surface area (Å²) in [4.78, 5) is 6.79. The van der Waals surface area contributed by atoms with Gasteiger partial charge in [0.05, 0.1) is 23.8 Å². The normalized spacial score (nSPS) is 11.1. The maximum Gasteiger partial charge on any atom is 0.120 e. The van der Waals surface area contributed by atoms with E-state index in [2.05, 4.69) is 26.0 Å². The van der Waals surface area contributed by atoms with E-state index in [1.165, 1.54) is 0 Å². The third-order valence-corrected chi connectivity index (χ3v) is 5.09. The number of anilines is 2. The van der Waals surface area contributed by atoms with E-state index in [0.717, 1.165) is 50.1 Å². The monoisotopic (exact) mass is 358 g/mol. The van der Waals surface area contributed by atoms with Crippen molar-refractivity contribution >= 4 is 33.2 Å². The Morgan fingerprint density at radius 3 is 2.44 bits per heavy atom. The molecule has 27 heavy (non-hydrogen) atoms. The van der Waals surface area contributed by atoms with Gasteiger partial charge in [0.25, 0.3) is 0 Å². The second-order valence-corrected chi connectivity index (χ2v) is 6.69. The number of para-hydroxylation sites is 1. The summed E-state index contributed by atoms with van der Waals surface area (Å²) >= 11 is 0. The summed E-state index contributed by atoms with van der Waals surface area (Å²) < 4.78 is 5.37. The minimum Gasteiger partial charge on any atom is -0.497 e. The fraction of sp³-hybridized carbons (Fsp3) is 0.174. The summed E-state index contributed by atoms with van der Waals surface area (Å²) in [6.07, 6.45) is 0. The van der Waals surface area contributed by atoms with Gasteiger partial charge in [0.15, 0.2) is 0 Å². The number of fused-ring (bicyclic) bond motifs is 2. The zero-order valence-electron chi connectivity index (χ0n) is 15.7. The molecule has 1 aromatic heterocycles. The summed E-state index contributed by atoms with van der Waals surface area (Å²) in [5, 5.41) is 12.2. The van der Waals surface area contributed by atoms with E-state index < -0.39 is 0 Å². The first-order valence-corrected chi connectivity index (χ1v) is 8.94. The van der Waals surface area contributed by atoms with Crippen molar-refractivity contribution in [2.75, 3.05) is 18.7 Å². The molecule has 1 N–H and O–H groups in total. The number of ether oxygens (including phenoxy) is 1. The summed E-state index contributed by atoms with van der Waals surface area (Å²) in [6.45, 7) is 4.06. The van der Waals surface area contributed by atoms with E-state index in [9.17, 15) is 5.11 Å². The molecule has 0 fully saturated rings. The Bertz CT molecular complexity index is 1120. The SMILES string of the molecule is COc1ccc2nc3cc(C)c(C)c(N(CO)c4ccccc4)c3cc2c1. The lowest BCUT2D eigenvalue weighted by molar-refractivity contribution is 0.305. The molecule has 0 bridgehead atoms. The van der Waals surface area contributed by atoms with Crippen LogP contribution in [0, 0.1) is 13.8 Å². The Hall–Kier alpha value is -3.11. The van der Waals surface area contributed by atoms with Crippen molar-refractivity contribution in [1.82, 2.24) is 4.98 Å². The molecular formula is C23H22N2O2. The Morgan fingerprint density at radius 1 is 0.963 bits per heavy atom. The minimum atomic E-state index is -0.112. The maximum atomic E-state index is 10.2. The number of pyridine rings is 1. The molecule has 4 rings (SSSR count). The van der Waals surface area contributed by atoms with Gasteiger partial charge < -0.3 is 14.7 Å². The molecule has 0 atom stereocenters. The van der Waals surface area contributed by atoms with Gasteiger partial charge in [0.1, 0.15) is 12.5 Å². The average Bonchev–Trinajstić information content (AvgIpc) is 2.70. The third-order valence-electron chi connectivity index (χ3n) is 5.09. The molecule has 4 heteroatoms. The topological polar surface area (TPSA) is 45.6 Å². The fourth-order valence-corrected chi connectivity index (χ4v) is 3.54. The summed E-state index contributed by atoms with van der Waals surface area (Å²) in [5.41, 5.74) is 6.04. The van der Waals surface area contributed by atoms with Gasteiger partial charge in [0.2, 0.25) is 0 Å². The summed E-state index contributed by atoms with van der Waals surface area (Å²) in [6, 6.07) is 20.1. The molecule has 4 nitrogen and oxygen atoms in total. The lowest BCUT2D eigenvalue weighted by Gasteiger charge is -2.27. The highest BCUT2D eigenvalue weighted by atomic mass is 16.5. The Morgan fingerprint density at radius 2 is 1.74 bits per heavy atom. The summed E-state index contributed by atoms with van der Waals surface area (Å²) in [7, 11) is 1.66. The van der Waals surface area contributed by atoms with Crippen LogP contribution in [0.3, 0.4) is 0 Å². The van der Waals surface area contributed by atoms with Gasteiger partial charge in [-0.05, 0) is 67.4 Å². The predicted octanol–water partition coefficient (Wildman–Crippen LogP) is 5.10. The van der Waals surface area contributed by atoms with Crippen LogP contribution in [-0.2, 0) is 0 Å².